The van der Waals surface area contributed by atoms with Crippen LogP contribution in [0, 0.1) is 0 Å². The molecule has 1 radical (unpaired) electrons. The molecule has 4 heteroatoms. The Morgan fingerprint density at radius 2 is 2.31 bits per heavy atom. The zero-order valence-corrected chi connectivity index (χ0v) is 6.90. The SMILES string of the molecule is O=[C]NN1C=Nc2ccccc2C1. The lowest BCUT2D eigenvalue weighted by Gasteiger charge is -2.21. The number of amides is 1. The minimum atomic E-state index is 0.634. The number of nitrogens with zero attached hydrogens (tertiary/aromatic N) is 2. The van der Waals surface area contributed by atoms with Crippen molar-refractivity contribution < 1.29 is 4.79 Å². The Bertz CT molecular complexity index is 348. The highest BCUT2D eigenvalue weighted by atomic mass is 16.1. The third-order valence-electron chi connectivity index (χ3n) is 1.86. The van der Waals surface area contributed by atoms with Crippen molar-refractivity contribution in [1.29, 1.82) is 0 Å². The molecule has 1 aromatic carbocycles. The number of para-hydroxylation sites is 1. The van der Waals surface area contributed by atoms with Crippen molar-refractivity contribution in [2.75, 3.05) is 0 Å². The minimum Gasteiger partial charge on any atom is -0.270 e. The number of hydrogen-bond acceptors (Lipinski definition) is 3. The number of nitrogens with one attached hydrogen (secondary N) is 1. The van der Waals surface area contributed by atoms with Gasteiger partial charge in [-0.3, -0.25) is 15.2 Å². The summed E-state index contributed by atoms with van der Waals surface area (Å²) in [6.07, 6.45) is 3.18. The zero-order chi connectivity index (χ0) is 9.10. The van der Waals surface area contributed by atoms with Crippen LogP contribution >= 0.6 is 0 Å². The van der Waals surface area contributed by atoms with E-state index in [1.165, 1.54) is 0 Å². The van der Waals surface area contributed by atoms with Gasteiger partial charge in [0, 0.05) is 0 Å². The van der Waals surface area contributed by atoms with Gasteiger partial charge in [-0.15, -0.1) is 0 Å². The summed E-state index contributed by atoms with van der Waals surface area (Å²) in [5, 5.41) is 1.58. The zero-order valence-electron chi connectivity index (χ0n) is 6.90. The lowest BCUT2D eigenvalue weighted by Crippen LogP contribution is -2.36. The molecule has 0 spiro atoms. The first-order valence-electron chi connectivity index (χ1n) is 3.91. The molecule has 1 aromatic rings. The number of hydrogen-bond donors (Lipinski definition) is 1. The smallest absolute Gasteiger partial charge is 0.270 e. The van der Waals surface area contributed by atoms with E-state index >= 15 is 0 Å². The van der Waals surface area contributed by atoms with Gasteiger partial charge in [0.25, 0.3) is 0 Å². The Morgan fingerprint density at radius 1 is 1.46 bits per heavy atom. The molecule has 4 nitrogen and oxygen atoms in total. The molecule has 2 rings (SSSR count). The highest BCUT2D eigenvalue weighted by Crippen LogP contribution is 2.21. The largest absolute Gasteiger partial charge is 0.329 e. The predicted octanol–water partition coefficient (Wildman–Crippen LogP) is 0.734. The lowest BCUT2D eigenvalue weighted by molar-refractivity contribution is 0.361. The molecule has 13 heavy (non-hydrogen) atoms. The van der Waals surface area contributed by atoms with Gasteiger partial charge in [-0.2, -0.15) is 0 Å². The average Bonchev–Trinajstić information content (AvgIpc) is 2.18. The summed E-state index contributed by atoms with van der Waals surface area (Å²) >= 11 is 0. The van der Waals surface area contributed by atoms with Crippen LogP contribution in [0.1, 0.15) is 5.56 Å². The third kappa shape index (κ3) is 1.51. The Hall–Kier alpha value is -1.84. The van der Waals surface area contributed by atoms with Crippen LogP contribution in [-0.4, -0.2) is 17.8 Å². The molecule has 1 N–H and O–H groups in total. The predicted molar refractivity (Wildman–Crippen MR) is 49.0 cm³/mol. The van der Waals surface area contributed by atoms with Crippen molar-refractivity contribution in [3.05, 3.63) is 29.8 Å². The van der Waals surface area contributed by atoms with E-state index in [-0.39, 0.29) is 0 Å². The second-order valence-electron chi connectivity index (χ2n) is 2.72. The second-order valence-corrected chi connectivity index (χ2v) is 2.72. The molecule has 0 atom stereocenters. The van der Waals surface area contributed by atoms with Crippen molar-refractivity contribution >= 4 is 18.4 Å². The summed E-state index contributed by atoms with van der Waals surface area (Å²) in [6, 6.07) is 7.80. The number of hydrazine groups is 1. The van der Waals surface area contributed by atoms with Crippen LogP contribution in [-0.2, 0) is 11.3 Å². The minimum absolute atomic E-state index is 0.634. The second kappa shape index (κ2) is 3.26. The van der Waals surface area contributed by atoms with Gasteiger partial charge < -0.3 is 0 Å². The topological polar surface area (TPSA) is 44.7 Å². The number of aliphatic imine (C=N–C) groups is 1. The molecule has 65 valence electrons. The molecular weight excluding hydrogens is 166 g/mol. The van der Waals surface area contributed by atoms with Crippen LogP contribution in [0.25, 0.3) is 0 Å². The quantitative estimate of drug-likeness (QED) is 0.672. The van der Waals surface area contributed by atoms with Gasteiger partial charge in [-0.05, 0) is 11.6 Å². The molecule has 0 unspecified atom stereocenters. The summed E-state index contributed by atoms with van der Waals surface area (Å²) in [5.74, 6) is 0. The van der Waals surface area contributed by atoms with E-state index in [2.05, 4.69) is 10.4 Å². The highest BCUT2D eigenvalue weighted by Gasteiger charge is 2.09. The summed E-state index contributed by atoms with van der Waals surface area (Å²) in [7, 11) is 0. The molecule has 1 aliphatic heterocycles. The van der Waals surface area contributed by atoms with E-state index in [9.17, 15) is 4.79 Å². The Morgan fingerprint density at radius 3 is 3.15 bits per heavy atom. The molecule has 1 amide bonds. The molecule has 1 aliphatic rings. The molecule has 0 aromatic heterocycles. The number of benzene rings is 1. The van der Waals surface area contributed by atoms with Crippen molar-refractivity contribution in [3.63, 3.8) is 0 Å². The summed E-state index contributed by atoms with van der Waals surface area (Å²) < 4.78 is 0. The normalized spacial score (nSPS) is 13.7. The van der Waals surface area contributed by atoms with Crippen molar-refractivity contribution in [1.82, 2.24) is 10.4 Å². The molecule has 0 saturated carbocycles. The van der Waals surface area contributed by atoms with Crippen molar-refractivity contribution in [3.8, 4) is 0 Å². The first kappa shape index (κ1) is 7.79. The number of carbonyl (C=O) groups excluding carboxylic acids is 1. The monoisotopic (exact) mass is 174 g/mol. The van der Waals surface area contributed by atoms with E-state index in [0.29, 0.717) is 6.54 Å². The van der Waals surface area contributed by atoms with Gasteiger partial charge >= 0.3 is 6.41 Å². The standard InChI is InChI=1S/C9H8N3O/c13-7-11-12-5-8-3-1-2-4-9(8)10-6-12/h1-4,6H,5H2,(H,11,13). The van der Waals surface area contributed by atoms with E-state index in [0.717, 1.165) is 11.3 Å². The van der Waals surface area contributed by atoms with E-state index < -0.39 is 0 Å². The maximum Gasteiger partial charge on any atom is 0.329 e. The van der Waals surface area contributed by atoms with Crippen LogP contribution in [0.5, 0.6) is 0 Å². The van der Waals surface area contributed by atoms with Gasteiger partial charge in [0.1, 0.15) is 6.34 Å². The molecule has 0 saturated heterocycles. The van der Waals surface area contributed by atoms with Gasteiger partial charge in [0.2, 0.25) is 0 Å². The van der Waals surface area contributed by atoms with Crippen molar-refractivity contribution in [2.24, 2.45) is 4.99 Å². The fourth-order valence-corrected chi connectivity index (χ4v) is 1.25. The molecular formula is C9H8N3O. The maximum absolute atomic E-state index is 10.0. The highest BCUT2D eigenvalue weighted by molar-refractivity contribution is 5.68. The van der Waals surface area contributed by atoms with Crippen LogP contribution < -0.4 is 5.43 Å². The summed E-state index contributed by atoms with van der Waals surface area (Å²) in [5.41, 5.74) is 4.44. The van der Waals surface area contributed by atoms with Gasteiger partial charge in [0.05, 0.1) is 12.2 Å². The average molecular weight is 174 g/mol. The fraction of sp³-hybridized carbons (Fsp3) is 0.111. The number of fused-ring (bicyclic) bond motifs is 1. The van der Waals surface area contributed by atoms with Crippen LogP contribution in [0.3, 0.4) is 0 Å². The van der Waals surface area contributed by atoms with Crippen LogP contribution in [0.15, 0.2) is 29.3 Å². The van der Waals surface area contributed by atoms with Crippen LogP contribution in [0.4, 0.5) is 5.69 Å². The molecule has 0 aliphatic carbocycles. The Labute approximate surface area is 75.9 Å². The fourth-order valence-electron chi connectivity index (χ4n) is 1.25. The molecule has 0 bridgehead atoms. The summed E-state index contributed by atoms with van der Waals surface area (Å²) in [4.78, 5) is 14.2. The maximum atomic E-state index is 10.0. The third-order valence-corrected chi connectivity index (χ3v) is 1.86. The van der Waals surface area contributed by atoms with Crippen molar-refractivity contribution in [2.45, 2.75) is 6.54 Å². The first-order valence-corrected chi connectivity index (χ1v) is 3.91. The number of rotatable bonds is 2. The Kier molecular flexibility index (Phi) is 1.96. The first-order chi connectivity index (χ1) is 6.40. The van der Waals surface area contributed by atoms with Crippen LogP contribution in [0.2, 0.25) is 0 Å². The molecule has 0 fully saturated rings. The van der Waals surface area contributed by atoms with Gasteiger partial charge in [-0.1, -0.05) is 18.2 Å². The van der Waals surface area contributed by atoms with E-state index in [1.807, 2.05) is 24.3 Å². The van der Waals surface area contributed by atoms with E-state index in [4.69, 9.17) is 0 Å². The lowest BCUT2D eigenvalue weighted by atomic mass is 10.1. The Balaban J connectivity index is 2.23. The van der Waals surface area contributed by atoms with Gasteiger partial charge in [-0.25, -0.2) is 4.99 Å². The van der Waals surface area contributed by atoms with Gasteiger partial charge in [0.15, 0.2) is 0 Å². The summed E-state index contributed by atoms with van der Waals surface area (Å²) in [6.45, 7) is 0.634. The van der Waals surface area contributed by atoms with E-state index in [1.54, 1.807) is 17.8 Å². The molecule has 1 heterocycles.